The quantitative estimate of drug-likeness (QED) is 0.915. The maximum atomic E-state index is 11.1. The number of nitrogens with zero attached hydrogens (tertiary/aromatic N) is 2. The van der Waals surface area contributed by atoms with Gasteiger partial charge in [-0.1, -0.05) is 12.1 Å². The summed E-state index contributed by atoms with van der Waals surface area (Å²) in [6.45, 7) is 0. The molecule has 3 rings (SSSR count). The fraction of sp³-hybridized carbons (Fsp3) is 0.333. The van der Waals surface area contributed by atoms with E-state index in [-0.39, 0.29) is 5.69 Å². The Balaban J connectivity index is 2.11. The van der Waals surface area contributed by atoms with Gasteiger partial charge in [0.25, 0.3) is 0 Å². The van der Waals surface area contributed by atoms with E-state index in [9.17, 15) is 4.79 Å². The van der Waals surface area contributed by atoms with Gasteiger partial charge in [-0.05, 0) is 58.8 Å². The molecule has 0 fully saturated rings. The fourth-order valence-electron chi connectivity index (χ4n) is 2.83. The molecule has 0 saturated carbocycles. The molecule has 4 nitrogen and oxygen atoms in total. The van der Waals surface area contributed by atoms with Gasteiger partial charge in [0.05, 0.1) is 10.2 Å². The first-order valence-corrected chi connectivity index (χ1v) is 7.45. The molecule has 0 radical (unpaired) electrons. The van der Waals surface area contributed by atoms with Gasteiger partial charge >= 0.3 is 5.97 Å². The third-order valence-electron chi connectivity index (χ3n) is 3.81. The summed E-state index contributed by atoms with van der Waals surface area (Å²) in [7, 11) is 1.77. The van der Waals surface area contributed by atoms with E-state index in [1.54, 1.807) is 11.7 Å². The lowest BCUT2D eigenvalue weighted by molar-refractivity contribution is 0.0688. The molecular weight excluding hydrogens is 320 g/mol. The number of aromatic carboxylic acids is 1. The SMILES string of the molecule is Cn1nc(C(=O)O)c(Br)c1-c1ccc2c(c1)CCCC2. The van der Waals surface area contributed by atoms with Crippen LogP contribution in [0.1, 0.15) is 34.5 Å². The molecule has 0 saturated heterocycles. The molecule has 0 atom stereocenters. The molecular formula is C15H15BrN2O2. The summed E-state index contributed by atoms with van der Waals surface area (Å²) in [5.74, 6) is -1.02. The summed E-state index contributed by atoms with van der Waals surface area (Å²) in [6.07, 6.45) is 4.72. The van der Waals surface area contributed by atoms with Gasteiger partial charge in [0, 0.05) is 12.6 Å². The Morgan fingerprint density at radius 2 is 2.00 bits per heavy atom. The molecule has 1 aliphatic rings. The van der Waals surface area contributed by atoms with Crippen molar-refractivity contribution in [2.75, 3.05) is 0 Å². The third kappa shape index (κ3) is 2.16. The second kappa shape index (κ2) is 5.05. The first-order chi connectivity index (χ1) is 9.58. The molecule has 0 amide bonds. The monoisotopic (exact) mass is 334 g/mol. The van der Waals surface area contributed by atoms with E-state index in [1.165, 1.54) is 24.0 Å². The highest BCUT2D eigenvalue weighted by Gasteiger charge is 2.21. The van der Waals surface area contributed by atoms with Gasteiger partial charge in [0.15, 0.2) is 5.69 Å². The Hall–Kier alpha value is -1.62. The molecule has 0 bridgehead atoms. The second-order valence-corrected chi connectivity index (χ2v) is 5.92. The summed E-state index contributed by atoms with van der Waals surface area (Å²) in [5, 5.41) is 13.2. The highest BCUT2D eigenvalue weighted by molar-refractivity contribution is 9.10. The number of halogens is 1. The summed E-state index contributed by atoms with van der Waals surface area (Å²) in [5.41, 5.74) is 4.67. The van der Waals surface area contributed by atoms with Gasteiger partial charge in [0.2, 0.25) is 0 Å². The highest BCUT2D eigenvalue weighted by Crippen LogP contribution is 2.33. The van der Waals surface area contributed by atoms with Crippen LogP contribution in [0.25, 0.3) is 11.3 Å². The van der Waals surface area contributed by atoms with Crippen molar-refractivity contribution in [3.8, 4) is 11.3 Å². The number of carboxylic acid groups (broad SMARTS) is 1. The molecule has 0 aliphatic heterocycles. The minimum Gasteiger partial charge on any atom is -0.476 e. The van der Waals surface area contributed by atoms with Crippen LogP contribution >= 0.6 is 15.9 Å². The van der Waals surface area contributed by atoms with Crippen LogP contribution in [0, 0.1) is 0 Å². The maximum absolute atomic E-state index is 11.1. The molecule has 1 N–H and O–H groups in total. The van der Waals surface area contributed by atoms with Crippen molar-refractivity contribution in [1.29, 1.82) is 0 Å². The lowest BCUT2D eigenvalue weighted by Gasteiger charge is -2.16. The third-order valence-corrected chi connectivity index (χ3v) is 4.57. The smallest absolute Gasteiger partial charge is 0.357 e. The van der Waals surface area contributed by atoms with Crippen molar-refractivity contribution >= 4 is 21.9 Å². The Morgan fingerprint density at radius 3 is 2.65 bits per heavy atom. The zero-order chi connectivity index (χ0) is 14.3. The van der Waals surface area contributed by atoms with E-state index < -0.39 is 5.97 Å². The van der Waals surface area contributed by atoms with Crippen LogP contribution in [0.3, 0.4) is 0 Å². The first-order valence-electron chi connectivity index (χ1n) is 6.66. The molecule has 104 valence electrons. The average molecular weight is 335 g/mol. The normalized spacial score (nSPS) is 14.1. The topological polar surface area (TPSA) is 55.1 Å². The lowest BCUT2D eigenvalue weighted by Crippen LogP contribution is -2.03. The van der Waals surface area contributed by atoms with Gasteiger partial charge in [-0.2, -0.15) is 5.10 Å². The van der Waals surface area contributed by atoms with Crippen LogP contribution in [0.15, 0.2) is 22.7 Å². The van der Waals surface area contributed by atoms with E-state index in [2.05, 4.69) is 39.2 Å². The molecule has 0 unspecified atom stereocenters. The Kier molecular flexibility index (Phi) is 3.38. The number of aromatic nitrogens is 2. The zero-order valence-corrected chi connectivity index (χ0v) is 12.8. The number of aryl methyl sites for hydroxylation is 3. The van der Waals surface area contributed by atoms with E-state index in [1.807, 2.05) is 0 Å². The molecule has 1 aromatic heterocycles. The average Bonchev–Trinajstić information content (AvgIpc) is 2.74. The van der Waals surface area contributed by atoms with Crippen LogP contribution in [0.4, 0.5) is 0 Å². The van der Waals surface area contributed by atoms with Crippen molar-refractivity contribution in [3.63, 3.8) is 0 Å². The standard InChI is InChI=1S/C15H15BrN2O2/c1-18-14(12(16)13(17-18)15(19)20)11-7-6-9-4-2-3-5-10(9)8-11/h6-8H,2-5H2,1H3,(H,19,20). The predicted molar refractivity (Wildman–Crippen MR) is 79.9 cm³/mol. The fourth-order valence-corrected chi connectivity index (χ4v) is 3.56. The number of rotatable bonds is 2. The van der Waals surface area contributed by atoms with Gasteiger partial charge in [-0.3, -0.25) is 4.68 Å². The van der Waals surface area contributed by atoms with Gasteiger partial charge in [0.1, 0.15) is 0 Å². The van der Waals surface area contributed by atoms with Crippen LogP contribution in [0.2, 0.25) is 0 Å². The molecule has 0 spiro atoms. The molecule has 5 heteroatoms. The summed E-state index contributed by atoms with van der Waals surface area (Å²) < 4.78 is 2.17. The minimum atomic E-state index is -1.02. The molecule has 1 aromatic carbocycles. The number of hydrogen-bond donors (Lipinski definition) is 1. The molecule has 2 aromatic rings. The van der Waals surface area contributed by atoms with Crippen molar-refractivity contribution in [2.24, 2.45) is 7.05 Å². The predicted octanol–water partition coefficient (Wildman–Crippen LogP) is 3.43. The number of carboxylic acids is 1. The largest absolute Gasteiger partial charge is 0.476 e. The van der Waals surface area contributed by atoms with Gasteiger partial charge < -0.3 is 5.11 Å². The first kappa shape index (κ1) is 13.4. The van der Waals surface area contributed by atoms with Crippen LogP contribution in [-0.4, -0.2) is 20.9 Å². The Labute approximate surface area is 125 Å². The molecule has 1 heterocycles. The number of fused-ring (bicyclic) bond motifs is 1. The number of benzene rings is 1. The summed E-state index contributed by atoms with van der Waals surface area (Å²) >= 11 is 3.37. The molecule has 1 aliphatic carbocycles. The highest BCUT2D eigenvalue weighted by atomic mass is 79.9. The minimum absolute atomic E-state index is 0.0558. The second-order valence-electron chi connectivity index (χ2n) is 5.13. The Morgan fingerprint density at radius 1 is 1.30 bits per heavy atom. The number of hydrogen-bond acceptors (Lipinski definition) is 2. The van der Waals surface area contributed by atoms with Crippen molar-refractivity contribution < 1.29 is 9.90 Å². The van der Waals surface area contributed by atoms with Crippen LogP contribution < -0.4 is 0 Å². The Bertz CT molecular complexity index is 691. The van der Waals surface area contributed by atoms with E-state index in [0.717, 1.165) is 24.1 Å². The van der Waals surface area contributed by atoms with E-state index >= 15 is 0 Å². The number of carbonyl (C=O) groups is 1. The zero-order valence-electron chi connectivity index (χ0n) is 11.2. The van der Waals surface area contributed by atoms with Gasteiger partial charge in [-0.25, -0.2) is 4.79 Å². The van der Waals surface area contributed by atoms with Crippen molar-refractivity contribution in [3.05, 3.63) is 39.5 Å². The van der Waals surface area contributed by atoms with Crippen LogP contribution in [-0.2, 0) is 19.9 Å². The lowest BCUT2D eigenvalue weighted by atomic mass is 9.90. The van der Waals surface area contributed by atoms with Crippen molar-refractivity contribution in [2.45, 2.75) is 25.7 Å². The maximum Gasteiger partial charge on any atom is 0.357 e. The van der Waals surface area contributed by atoms with E-state index in [0.29, 0.717) is 4.47 Å². The van der Waals surface area contributed by atoms with Crippen molar-refractivity contribution in [1.82, 2.24) is 9.78 Å². The van der Waals surface area contributed by atoms with Gasteiger partial charge in [-0.15, -0.1) is 0 Å². The molecule has 20 heavy (non-hydrogen) atoms. The van der Waals surface area contributed by atoms with Crippen LogP contribution in [0.5, 0.6) is 0 Å². The van der Waals surface area contributed by atoms with E-state index in [4.69, 9.17) is 5.11 Å². The summed E-state index contributed by atoms with van der Waals surface area (Å²) in [4.78, 5) is 11.1. The summed E-state index contributed by atoms with van der Waals surface area (Å²) in [6, 6.07) is 6.38.